The maximum atomic E-state index is 15.3. The van der Waals surface area contributed by atoms with E-state index in [0.29, 0.717) is 29.2 Å². The molecule has 7 unspecified atom stereocenters. The molecule has 42 heavy (non-hydrogen) atoms. The Balaban J connectivity index is 1.69. The fraction of sp³-hybridized carbons (Fsp3) is 0.600. The van der Waals surface area contributed by atoms with Crippen molar-refractivity contribution in [3.8, 4) is 0 Å². The first-order valence-corrected chi connectivity index (χ1v) is 17.5. The topological polar surface area (TPSA) is 74.7 Å². The third-order valence-corrected chi connectivity index (χ3v) is 11.6. The Morgan fingerprint density at radius 2 is 1.43 bits per heavy atom. The van der Waals surface area contributed by atoms with E-state index in [0.717, 1.165) is 44.1 Å². The number of aromatic nitrogens is 1. The van der Waals surface area contributed by atoms with Crippen LogP contribution < -0.4 is 0 Å². The van der Waals surface area contributed by atoms with Crippen LogP contribution in [0.25, 0.3) is 6.08 Å². The van der Waals surface area contributed by atoms with Gasteiger partial charge < -0.3 is 13.8 Å². The van der Waals surface area contributed by atoms with Crippen LogP contribution in [0.15, 0.2) is 60.9 Å². The van der Waals surface area contributed by atoms with Crippen molar-refractivity contribution in [3.05, 3.63) is 72.1 Å². The molecule has 0 amide bonds. The fourth-order valence-electron chi connectivity index (χ4n) is 6.36. The van der Waals surface area contributed by atoms with Crippen LogP contribution in [0.1, 0.15) is 97.0 Å². The molecule has 1 aromatic heterocycles. The minimum absolute atomic E-state index is 0.215. The van der Waals surface area contributed by atoms with Crippen LogP contribution in [0.5, 0.6) is 0 Å². The molecule has 0 bridgehead atoms. The lowest BCUT2D eigenvalue weighted by Crippen LogP contribution is -2.35. The van der Waals surface area contributed by atoms with Crippen LogP contribution in [0, 0.1) is 35.5 Å². The van der Waals surface area contributed by atoms with Crippen molar-refractivity contribution in [2.75, 3.05) is 0 Å². The van der Waals surface area contributed by atoms with Crippen LogP contribution in [0.3, 0.4) is 0 Å². The molecule has 0 aliphatic heterocycles. The molecule has 0 spiro atoms. The SMILES string of the molecule is CC(C)C1CCC(C)C(OP(=O)(OC2CC(C(C)C)CCC2C)C(OC(=O)C=Cc2ccccc2)c2cccnc2)C1. The first kappa shape index (κ1) is 32.6. The number of nitrogens with zero attached hydrogens (tertiary/aromatic N) is 1. The summed E-state index contributed by atoms with van der Waals surface area (Å²) in [5.74, 6) is 0.567. The van der Waals surface area contributed by atoms with Gasteiger partial charge in [0.05, 0.1) is 12.2 Å². The van der Waals surface area contributed by atoms with Gasteiger partial charge in [0.15, 0.2) is 0 Å². The number of carbonyl (C=O) groups is 1. The number of benzene rings is 1. The number of ether oxygens (including phenoxy) is 1. The van der Waals surface area contributed by atoms with Gasteiger partial charge in [-0.1, -0.05) is 77.9 Å². The maximum Gasteiger partial charge on any atom is 0.376 e. The van der Waals surface area contributed by atoms with Gasteiger partial charge in [-0.3, -0.25) is 9.55 Å². The van der Waals surface area contributed by atoms with E-state index in [2.05, 4.69) is 46.5 Å². The predicted octanol–water partition coefficient (Wildman–Crippen LogP) is 9.48. The molecule has 0 saturated heterocycles. The zero-order valence-electron chi connectivity index (χ0n) is 26.2. The van der Waals surface area contributed by atoms with Gasteiger partial charge in [-0.25, -0.2) is 4.79 Å². The Morgan fingerprint density at radius 3 is 1.93 bits per heavy atom. The standard InChI is InChI=1S/C35H50NO5P/c1-24(2)29-17-14-26(5)32(21-29)40-42(38,41-33-22-30(25(3)4)18-15-27(33)6)35(31-13-10-20-36-23-31)39-34(37)19-16-28-11-8-7-9-12-28/h7-13,16,19-20,23-27,29-30,32-33,35H,14-15,17-18,21-22H2,1-6H3. The molecule has 2 aliphatic carbocycles. The first-order chi connectivity index (χ1) is 20.1. The maximum absolute atomic E-state index is 15.3. The lowest BCUT2D eigenvalue weighted by atomic mass is 9.76. The van der Waals surface area contributed by atoms with Gasteiger partial charge in [0.25, 0.3) is 0 Å². The molecule has 2 fully saturated rings. The van der Waals surface area contributed by atoms with E-state index < -0.39 is 19.4 Å². The van der Waals surface area contributed by atoms with E-state index in [-0.39, 0.29) is 24.0 Å². The van der Waals surface area contributed by atoms with Gasteiger partial charge in [-0.05, 0) is 91.7 Å². The molecule has 2 aliphatic rings. The van der Waals surface area contributed by atoms with Gasteiger partial charge in [0, 0.05) is 24.0 Å². The fourth-order valence-corrected chi connectivity index (χ4v) is 8.72. The first-order valence-electron chi connectivity index (χ1n) is 15.9. The lowest BCUT2D eigenvalue weighted by molar-refractivity contribution is -0.141. The van der Waals surface area contributed by atoms with E-state index in [1.165, 1.54) is 6.08 Å². The second-order valence-electron chi connectivity index (χ2n) is 13.2. The minimum atomic E-state index is -4.04. The minimum Gasteiger partial charge on any atom is -0.441 e. The second kappa shape index (κ2) is 14.9. The number of esters is 1. The number of hydrogen-bond acceptors (Lipinski definition) is 6. The van der Waals surface area contributed by atoms with Crippen molar-refractivity contribution in [1.29, 1.82) is 0 Å². The van der Waals surface area contributed by atoms with E-state index >= 15 is 4.57 Å². The summed E-state index contributed by atoms with van der Waals surface area (Å²) in [5, 5.41) is 0. The third kappa shape index (κ3) is 8.65. The Bertz CT molecular complexity index is 1160. The van der Waals surface area contributed by atoms with Gasteiger partial charge in [-0.2, -0.15) is 0 Å². The summed E-state index contributed by atoms with van der Waals surface area (Å²) in [5.41, 5.74) is 1.38. The Morgan fingerprint density at radius 1 is 0.857 bits per heavy atom. The van der Waals surface area contributed by atoms with E-state index in [4.69, 9.17) is 13.8 Å². The molecule has 4 rings (SSSR count). The van der Waals surface area contributed by atoms with Crippen LogP contribution in [0.4, 0.5) is 0 Å². The zero-order valence-corrected chi connectivity index (χ0v) is 27.1. The molecule has 2 saturated carbocycles. The van der Waals surface area contributed by atoms with Gasteiger partial charge >= 0.3 is 13.6 Å². The summed E-state index contributed by atoms with van der Waals surface area (Å²) in [6.45, 7) is 13.3. The van der Waals surface area contributed by atoms with Crippen molar-refractivity contribution in [2.24, 2.45) is 35.5 Å². The quantitative estimate of drug-likeness (QED) is 0.146. The summed E-state index contributed by atoms with van der Waals surface area (Å²) in [4.78, 5) is 17.6. The number of rotatable bonds is 11. The van der Waals surface area contributed by atoms with E-state index in [1.807, 2.05) is 30.3 Å². The smallest absolute Gasteiger partial charge is 0.376 e. The second-order valence-corrected chi connectivity index (χ2v) is 15.2. The highest BCUT2D eigenvalue weighted by Crippen LogP contribution is 2.65. The van der Waals surface area contributed by atoms with Crippen LogP contribution in [0.2, 0.25) is 0 Å². The van der Waals surface area contributed by atoms with Gasteiger partial charge in [0.1, 0.15) is 0 Å². The Hall–Kier alpha value is -2.27. The molecule has 0 radical (unpaired) electrons. The van der Waals surface area contributed by atoms with Crippen molar-refractivity contribution >= 4 is 19.6 Å². The lowest BCUT2D eigenvalue weighted by Gasteiger charge is -2.42. The molecule has 0 N–H and O–H groups in total. The van der Waals surface area contributed by atoms with Crippen LogP contribution in [-0.2, 0) is 23.1 Å². The van der Waals surface area contributed by atoms with Crippen molar-refractivity contribution in [3.63, 3.8) is 0 Å². The zero-order chi connectivity index (χ0) is 30.3. The Labute approximate surface area is 253 Å². The van der Waals surface area contributed by atoms with Crippen LogP contribution in [-0.4, -0.2) is 23.2 Å². The average molecular weight is 596 g/mol. The summed E-state index contributed by atoms with van der Waals surface area (Å²) in [7, 11) is -4.04. The van der Waals surface area contributed by atoms with Crippen LogP contribution >= 0.6 is 7.60 Å². The third-order valence-electron chi connectivity index (χ3n) is 9.47. The Kier molecular flexibility index (Phi) is 11.6. The van der Waals surface area contributed by atoms with Crippen molar-refractivity contribution < 1.29 is 23.1 Å². The molecule has 230 valence electrons. The molecule has 1 aromatic carbocycles. The molecule has 7 atom stereocenters. The average Bonchev–Trinajstić information content (AvgIpc) is 2.98. The summed E-state index contributed by atoms with van der Waals surface area (Å²) in [6.07, 6.45) is 11.7. The largest absolute Gasteiger partial charge is 0.441 e. The summed E-state index contributed by atoms with van der Waals surface area (Å²) < 4.78 is 34.8. The molecule has 6 nitrogen and oxygen atoms in total. The number of carbonyl (C=O) groups excluding carboxylic acids is 1. The summed E-state index contributed by atoms with van der Waals surface area (Å²) in [6, 6.07) is 13.1. The van der Waals surface area contributed by atoms with Crippen molar-refractivity contribution in [1.82, 2.24) is 4.98 Å². The number of hydrogen-bond donors (Lipinski definition) is 0. The molecular formula is C35H50NO5P. The van der Waals surface area contributed by atoms with Gasteiger partial charge in [0.2, 0.25) is 5.85 Å². The van der Waals surface area contributed by atoms with Gasteiger partial charge in [-0.15, -0.1) is 0 Å². The van der Waals surface area contributed by atoms with Crippen molar-refractivity contribution in [2.45, 2.75) is 98.1 Å². The highest BCUT2D eigenvalue weighted by molar-refractivity contribution is 7.54. The predicted molar refractivity (Wildman–Crippen MR) is 169 cm³/mol. The molecule has 1 heterocycles. The molecular weight excluding hydrogens is 545 g/mol. The van der Waals surface area contributed by atoms with E-state index in [9.17, 15) is 4.79 Å². The monoisotopic (exact) mass is 595 g/mol. The molecule has 7 heteroatoms. The highest BCUT2D eigenvalue weighted by atomic mass is 31.2. The highest BCUT2D eigenvalue weighted by Gasteiger charge is 2.48. The number of pyridine rings is 1. The normalized spacial score (nSPS) is 29.0. The summed E-state index contributed by atoms with van der Waals surface area (Å²) >= 11 is 0. The molecule has 2 aromatic rings. The van der Waals surface area contributed by atoms with E-state index in [1.54, 1.807) is 30.6 Å².